The summed E-state index contributed by atoms with van der Waals surface area (Å²) in [5, 5.41) is 1.78. The second-order valence-electron chi connectivity index (χ2n) is 6.23. The van der Waals surface area contributed by atoms with Gasteiger partial charge in [-0.3, -0.25) is 4.90 Å². The number of nitrogens with zero attached hydrogens (tertiary/aromatic N) is 3. The van der Waals surface area contributed by atoms with E-state index in [1.165, 1.54) is 5.69 Å². The molecule has 24 heavy (non-hydrogen) atoms. The van der Waals surface area contributed by atoms with E-state index in [1.807, 2.05) is 18.2 Å². The van der Waals surface area contributed by atoms with Crippen molar-refractivity contribution >= 4 is 28.2 Å². The molecule has 122 valence electrons. The topological polar surface area (TPSA) is 19.4 Å². The summed E-state index contributed by atoms with van der Waals surface area (Å²) in [6.45, 7) is 5.03. The fraction of sp³-hybridized carbons (Fsp3) is 0.250. The summed E-state index contributed by atoms with van der Waals surface area (Å²) >= 11 is 6.40. The summed E-state index contributed by atoms with van der Waals surface area (Å²) < 4.78 is 0. The third kappa shape index (κ3) is 3.23. The standard InChI is InChI=1S/C20H20ClN3/c21-20-17(14-16-6-4-5-9-19(16)22-20)15-23-10-12-24(13-11-23)18-7-2-1-3-8-18/h1-9,14H,10-13,15H2. The summed E-state index contributed by atoms with van der Waals surface area (Å²) in [6, 6.07) is 20.9. The first kappa shape index (κ1) is 15.4. The number of anilines is 1. The van der Waals surface area contributed by atoms with Crippen molar-refractivity contribution in [3.05, 3.63) is 71.4 Å². The molecule has 3 nitrogen and oxygen atoms in total. The maximum atomic E-state index is 6.40. The Hall–Kier alpha value is -2.10. The van der Waals surface area contributed by atoms with Crippen molar-refractivity contribution in [1.29, 1.82) is 0 Å². The van der Waals surface area contributed by atoms with Crippen LogP contribution in [0.5, 0.6) is 0 Å². The highest BCUT2D eigenvalue weighted by Gasteiger charge is 2.18. The van der Waals surface area contributed by atoms with Gasteiger partial charge in [-0.2, -0.15) is 0 Å². The highest BCUT2D eigenvalue weighted by molar-refractivity contribution is 6.30. The number of benzene rings is 2. The summed E-state index contributed by atoms with van der Waals surface area (Å²) in [5.74, 6) is 0. The van der Waals surface area contributed by atoms with E-state index in [0.717, 1.165) is 49.2 Å². The molecule has 0 N–H and O–H groups in total. The van der Waals surface area contributed by atoms with E-state index in [-0.39, 0.29) is 0 Å². The molecule has 0 saturated carbocycles. The van der Waals surface area contributed by atoms with E-state index in [2.05, 4.69) is 57.2 Å². The minimum Gasteiger partial charge on any atom is -0.369 e. The molecule has 0 spiro atoms. The second kappa shape index (κ2) is 6.80. The van der Waals surface area contributed by atoms with Crippen molar-refractivity contribution < 1.29 is 0 Å². The Morgan fingerprint density at radius 2 is 1.58 bits per heavy atom. The number of hydrogen-bond acceptors (Lipinski definition) is 3. The van der Waals surface area contributed by atoms with Crippen molar-refractivity contribution in [1.82, 2.24) is 9.88 Å². The van der Waals surface area contributed by atoms with Crippen LogP contribution in [-0.2, 0) is 6.54 Å². The number of pyridine rings is 1. The van der Waals surface area contributed by atoms with Crippen molar-refractivity contribution in [2.75, 3.05) is 31.1 Å². The average molecular weight is 338 g/mol. The number of piperazine rings is 1. The van der Waals surface area contributed by atoms with Crippen molar-refractivity contribution in [2.45, 2.75) is 6.54 Å². The lowest BCUT2D eigenvalue weighted by molar-refractivity contribution is 0.250. The Balaban J connectivity index is 1.45. The van der Waals surface area contributed by atoms with Crippen LogP contribution in [0.2, 0.25) is 5.15 Å². The quantitative estimate of drug-likeness (QED) is 0.667. The van der Waals surface area contributed by atoms with E-state index in [4.69, 9.17) is 11.6 Å². The van der Waals surface area contributed by atoms with Crippen LogP contribution in [0.3, 0.4) is 0 Å². The molecular formula is C20H20ClN3. The Kier molecular flexibility index (Phi) is 4.37. The van der Waals surface area contributed by atoms with Crippen molar-refractivity contribution in [3.63, 3.8) is 0 Å². The molecule has 3 aromatic rings. The number of aromatic nitrogens is 1. The van der Waals surface area contributed by atoms with Gasteiger partial charge in [-0.1, -0.05) is 48.0 Å². The minimum absolute atomic E-state index is 0.624. The average Bonchev–Trinajstić information content (AvgIpc) is 2.64. The molecule has 0 unspecified atom stereocenters. The Morgan fingerprint density at radius 3 is 2.38 bits per heavy atom. The fourth-order valence-corrected chi connectivity index (χ4v) is 3.50. The number of fused-ring (bicyclic) bond motifs is 1. The van der Waals surface area contributed by atoms with Crippen LogP contribution in [0.1, 0.15) is 5.56 Å². The van der Waals surface area contributed by atoms with Gasteiger partial charge >= 0.3 is 0 Å². The molecule has 0 amide bonds. The van der Waals surface area contributed by atoms with Crippen molar-refractivity contribution in [3.8, 4) is 0 Å². The third-order valence-electron chi connectivity index (χ3n) is 4.64. The van der Waals surface area contributed by atoms with E-state index in [9.17, 15) is 0 Å². The number of para-hydroxylation sites is 2. The van der Waals surface area contributed by atoms with Crippen LogP contribution in [0, 0.1) is 0 Å². The molecule has 0 bridgehead atoms. The fourth-order valence-electron chi connectivity index (χ4n) is 3.29. The summed E-state index contributed by atoms with van der Waals surface area (Å²) in [6.07, 6.45) is 0. The van der Waals surface area contributed by atoms with Gasteiger partial charge < -0.3 is 4.90 Å². The summed E-state index contributed by atoms with van der Waals surface area (Å²) in [5.41, 5.74) is 3.38. The van der Waals surface area contributed by atoms with Gasteiger partial charge in [0, 0.05) is 49.4 Å². The monoisotopic (exact) mass is 337 g/mol. The molecule has 1 aromatic heterocycles. The van der Waals surface area contributed by atoms with Gasteiger partial charge in [0.1, 0.15) is 5.15 Å². The van der Waals surface area contributed by atoms with Gasteiger partial charge in [-0.25, -0.2) is 4.98 Å². The molecule has 1 saturated heterocycles. The largest absolute Gasteiger partial charge is 0.369 e. The molecule has 4 heteroatoms. The van der Waals surface area contributed by atoms with Crippen LogP contribution >= 0.6 is 11.6 Å². The Morgan fingerprint density at radius 1 is 0.875 bits per heavy atom. The lowest BCUT2D eigenvalue weighted by Crippen LogP contribution is -2.46. The van der Waals surface area contributed by atoms with E-state index >= 15 is 0 Å². The maximum Gasteiger partial charge on any atom is 0.134 e. The van der Waals surface area contributed by atoms with E-state index < -0.39 is 0 Å². The van der Waals surface area contributed by atoms with E-state index in [1.54, 1.807) is 0 Å². The number of halogens is 1. The molecule has 4 rings (SSSR count). The molecule has 0 atom stereocenters. The van der Waals surface area contributed by atoms with Crippen LogP contribution in [-0.4, -0.2) is 36.1 Å². The Labute approximate surface area is 147 Å². The van der Waals surface area contributed by atoms with Gasteiger partial charge in [0.15, 0.2) is 0 Å². The Bertz CT molecular complexity index is 827. The lowest BCUT2D eigenvalue weighted by atomic mass is 10.1. The van der Waals surface area contributed by atoms with Crippen LogP contribution < -0.4 is 4.90 Å². The lowest BCUT2D eigenvalue weighted by Gasteiger charge is -2.36. The van der Waals surface area contributed by atoms with Gasteiger partial charge in [0.2, 0.25) is 0 Å². The third-order valence-corrected chi connectivity index (χ3v) is 4.96. The predicted octanol–water partition coefficient (Wildman–Crippen LogP) is 4.21. The summed E-state index contributed by atoms with van der Waals surface area (Å²) in [4.78, 5) is 9.43. The zero-order valence-corrected chi connectivity index (χ0v) is 14.3. The second-order valence-corrected chi connectivity index (χ2v) is 6.59. The highest BCUT2D eigenvalue weighted by Crippen LogP contribution is 2.23. The van der Waals surface area contributed by atoms with Gasteiger partial charge in [-0.05, 0) is 24.3 Å². The molecule has 0 radical (unpaired) electrons. The van der Waals surface area contributed by atoms with Crippen LogP contribution in [0.15, 0.2) is 60.7 Å². The minimum atomic E-state index is 0.624. The number of rotatable bonds is 3. The molecule has 1 fully saturated rings. The van der Waals surface area contributed by atoms with Gasteiger partial charge in [-0.15, -0.1) is 0 Å². The SMILES string of the molecule is Clc1nc2ccccc2cc1CN1CCN(c2ccccc2)CC1. The van der Waals surface area contributed by atoms with Gasteiger partial charge in [0.05, 0.1) is 5.52 Å². The van der Waals surface area contributed by atoms with E-state index in [0.29, 0.717) is 5.15 Å². The van der Waals surface area contributed by atoms with Gasteiger partial charge in [0.25, 0.3) is 0 Å². The van der Waals surface area contributed by atoms with Crippen LogP contribution in [0.4, 0.5) is 5.69 Å². The smallest absolute Gasteiger partial charge is 0.134 e. The molecule has 1 aliphatic rings. The first-order valence-electron chi connectivity index (χ1n) is 8.36. The molecule has 0 aliphatic carbocycles. The van der Waals surface area contributed by atoms with Crippen LogP contribution in [0.25, 0.3) is 10.9 Å². The molecular weight excluding hydrogens is 318 g/mol. The molecule has 2 heterocycles. The normalized spacial score (nSPS) is 15.8. The molecule has 1 aliphatic heterocycles. The predicted molar refractivity (Wildman–Crippen MR) is 101 cm³/mol. The number of hydrogen-bond donors (Lipinski definition) is 0. The molecule has 2 aromatic carbocycles. The van der Waals surface area contributed by atoms with Crippen molar-refractivity contribution in [2.24, 2.45) is 0 Å². The highest BCUT2D eigenvalue weighted by atomic mass is 35.5. The summed E-state index contributed by atoms with van der Waals surface area (Å²) in [7, 11) is 0. The maximum absolute atomic E-state index is 6.40. The zero-order valence-electron chi connectivity index (χ0n) is 13.5. The first-order chi connectivity index (χ1) is 11.8. The zero-order chi connectivity index (χ0) is 16.4. The first-order valence-corrected chi connectivity index (χ1v) is 8.74.